The number of hydrogen-bond donors (Lipinski definition) is 2. The van der Waals surface area contributed by atoms with E-state index in [0.29, 0.717) is 55.1 Å². The minimum Gasteiger partial charge on any atom is -0.378 e. The Hall–Kier alpha value is -3.87. The standard InChI is InChI=1S/C21H22F2N10O/c1-31-11-12(8-25-31)13-9-26-33-19(13)29-21(32-2-4-34-5-3-32)30-20(33)24-10-18-27-16-6-14(22)15(23)7-17(16)28-18/h6-9,11,13,19H,2-5,10H2,1H3,(H,27,28)(H,24,29,30). The van der Waals surface area contributed by atoms with Gasteiger partial charge in [0.05, 0.1) is 36.4 Å². The van der Waals surface area contributed by atoms with Gasteiger partial charge in [-0.05, 0) is 0 Å². The number of aromatic nitrogens is 4. The van der Waals surface area contributed by atoms with Gasteiger partial charge in [-0.15, -0.1) is 0 Å². The fourth-order valence-corrected chi connectivity index (χ4v) is 4.27. The second kappa shape index (κ2) is 8.17. The van der Waals surface area contributed by atoms with Crippen molar-refractivity contribution in [3.05, 3.63) is 47.5 Å². The van der Waals surface area contributed by atoms with Gasteiger partial charge in [0.1, 0.15) is 12.4 Å². The number of benzene rings is 1. The maximum Gasteiger partial charge on any atom is 0.224 e. The SMILES string of the molecule is Cn1cc(C2C=NN3C(=NCc4nc5cc(F)c(F)cc5[nH]4)NC(N4CCOCC4)=NC23)cn1. The van der Waals surface area contributed by atoms with Gasteiger partial charge in [0.15, 0.2) is 17.8 Å². The third-order valence-corrected chi connectivity index (χ3v) is 5.99. The quantitative estimate of drug-likeness (QED) is 0.596. The summed E-state index contributed by atoms with van der Waals surface area (Å²) in [4.78, 5) is 19.1. The molecule has 0 bridgehead atoms. The number of halogens is 2. The van der Waals surface area contributed by atoms with Crippen molar-refractivity contribution in [2.45, 2.75) is 18.6 Å². The van der Waals surface area contributed by atoms with E-state index in [1.807, 2.05) is 25.7 Å². The van der Waals surface area contributed by atoms with Crippen LogP contribution < -0.4 is 5.32 Å². The number of hydrogen-bond acceptors (Lipinski definition) is 7. The van der Waals surface area contributed by atoms with Crippen LogP contribution >= 0.6 is 0 Å². The first-order valence-corrected chi connectivity index (χ1v) is 10.9. The largest absolute Gasteiger partial charge is 0.378 e. The van der Waals surface area contributed by atoms with Gasteiger partial charge in [-0.2, -0.15) is 10.2 Å². The molecule has 3 aliphatic rings. The second-order valence-electron chi connectivity index (χ2n) is 8.28. The van der Waals surface area contributed by atoms with Gasteiger partial charge >= 0.3 is 0 Å². The monoisotopic (exact) mass is 468 g/mol. The summed E-state index contributed by atoms with van der Waals surface area (Å²) in [6.45, 7) is 2.83. The van der Waals surface area contributed by atoms with Crippen molar-refractivity contribution in [1.29, 1.82) is 0 Å². The van der Waals surface area contributed by atoms with E-state index in [-0.39, 0.29) is 18.6 Å². The number of imidazole rings is 1. The van der Waals surface area contributed by atoms with Crippen molar-refractivity contribution in [2.75, 3.05) is 26.3 Å². The van der Waals surface area contributed by atoms with Crippen LogP contribution in [0.25, 0.3) is 11.0 Å². The average molecular weight is 468 g/mol. The Morgan fingerprint density at radius 3 is 2.82 bits per heavy atom. The number of rotatable bonds is 3. The topological polar surface area (TPSA) is 111 Å². The van der Waals surface area contributed by atoms with Crippen LogP contribution in [0, 0.1) is 11.6 Å². The first kappa shape index (κ1) is 20.7. The molecule has 2 N–H and O–H groups in total. The summed E-state index contributed by atoms with van der Waals surface area (Å²) in [6.07, 6.45) is 5.30. The van der Waals surface area contributed by atoms with Crippen molar-refractivity contribution in [2.24, 2.45) is 22.1 Å². The van der Waals surface area contributed by atoms with Crippen LogP contribution in [0.2, 0.25) is 0 Å². The van der Waals surface area contributed by atoms with Crippen LogP contribution in [-0.2, 0) is 18.3 Å². The Morgan fingerprint density at radius 2 is 2.03 bits per heavy atom. The Morgan fingerprint density at radius 1 is 1.21 bits per heavy atom. The van der Waals surface area contributed by atoms with Crippen molar-refractivity contribution >= 4 is 29.2 Å². The summed E-state index contributed by atoms with van der Waals surface area (Å²) >= 11 is 0. The lowest BCUT2D eigenvalue weighted by Gasteiger charge is -2.37. The van der Waals surface area contributed by atoms with Crippen LogP contribution in [0.5, 0.6) is 0 Å². The minimum absolute atomic E-state index is 0.0887. The molecule has 1 fully saturated rings. The number of nitrogens with zero attached hydrogens (tertiary/aromatic N) is 8. The molecule has 3 aromatic rings. The zero-order valence-electron chi connectivity index (χ0n) is 18.3. The van der Waals surface area contributed by atoms with Crippen LogP contribution in [0.15, 0.2) is 39.6 Å². The summed E-state index contributed by atoms with van der Waals surface area (Å²) < 4.78 is 34.4. The van der Waals surface area contributed by atoms with Gasteiger partial charge in [-0.25, -0.2) is 28.8 Å². The molecule has 6 rings (SSSR count). The third kappa shape index (κ3) is 3.67. The fraction of sp³-hybridized carbons (Fsp3) is 0.381. The number of ether oxygens (including phenoxy) is 1. The highest BCUT2D eigenvalue weighted by atomic mass is 19.2. The molecule has 0 amide bonds. The number of guanidine groups is 2. The van der Waals surface area contributed by atoms with Crippen molar-refractivity contribution in [1.82, 2.24) is 35.0 Å². The van der Waals surface area contributed by atoms with Crippen molar-refractivity contribution in [3.63, 3.8) is 0 Å². The van der Waals surface area contributed by atoms with E-state index in [0.717, 1.165) is 17.7 Å². The summed E-state index contributed by atoms with van der Waals surface area (Å²) in [7, 11) is 1.87. The van der Waals surface area contributed by atoms with Gasteiger partial charge in [0.25, 0.3) is 0 Å². The molecule has 0 saturated carbocycles. The molecule has 0 spiro atoms. The lowest BCUT2D eigenvalue weighted by molar-refractivity contribution is 0.0660. The second-order valence-corrected chi connectivity index (χ2v) is 8.28. The van der Waals surface area contributed by atoms with E-state index < -0.39 is 11.6 Å². The number of nitrogens with one attached hydrogen (secondary N) is 2. The lowest BCUT2D eigenvalue weighted by Crippen LogP contribution is -2.57. The van der Waals surface area contributed by atoms with E-state index in [1.165, 1.54) is 0 Å². The Balaban J connectivity index is 1.31. The number of hydrazone groups is 1. The van der Waals surface area contributed by atoms with Gasteiger partial charge in [-0.1, -0.05) is 0 Å². The zero-order chi connectivity index (χ0) is 23.2. The zero-order valence-corrected chi connectivity index (χ0v) is 18.3. The molecule has 2 unspecified atom stereocenters. The Bertz CT molecular complexity index is 1280. The van der Waals surface area contributed by atoms with Crippen LogP contribution in [-0.4, -0.2) is 80.3 Å². The molecule has 0 radical (unpaired) electrons. The van der Waals surface area contributed by atoms with Crippen molar-refractivity contribution in [3.8, 4) is 0 Å². The lowest BCUT2D eigenvalue weighted by atomic mass is 10.0. The predicted octanol–water partition coefficient (Wildman–Crippen LogP) is 1.13. The third-order valence-electron chi connectivity index (χ3n) is 5.99. The molecule has 3 aliphatic heterocycles. The van der Waals surface area contributed by atoms with Crippen LogP contribution in [0.4, 0.5) is 8.78 Å². The fourth-order valence-electron chi connectivity index (χ4n) is 4.27. The molecule has 0 aliphatic carbocycles. The molecule has 1 saturated heterocycles. The molecule has 176 valence electrons. The van der Waals surface area contributed by atoms with Crippen LogP contribution in [0.1, 0.15) is 17.3 Å². The number of aliphatic imine (C=N–C) groups is 2. The molecular formula is C21H22F2N10O. The number of aryl methyl sites for hydroxylation is 1. The van der Waals surface area contributed by atoms with E-state index >= 15 is 0 Å². The predicted molar refractivity (Wildman–Crippen MR) is 120 cm³/mol. The summed E-state index contributed by atoms with van der Waals surface area (Å²) in [6, 6.07) is 2.16. The summed E-state index contributed by atoms with van der Waals surface area (Å²) in [5, 5.41) is 13.9. The molecule has 5 heterocycles. The molecule has 11 nitrogen and oxygen atoms in total. The number of aromatic amines is 1. The first-order chi connectivity index (χ1) is 16.5. The van der Waals surface area contributed by atoms with Crippen molar-refractivity contribution < 1.29 is 13.5 Å². The number of H-pyrrole nitrogens is 1. The molecule has 34 heavy (non-hydrogen) atoms. The highest BCUT2D eigenvalue weighted by molar-refractivity contribution is 6.02. The van der Waals surface area contributed by atoms with Gasteiger partial charge < -0.3 is 14.6 Å². The van der Waals surface area contributed by atoms with E-state index in [9.17, 15) is 8.78 Å². The van der Waals surface area contributed by atoms with E-state index in [2.05, 4.69) is 30.4 Å². The van der Waals surface area contributed by atoms with Gasteiger partial charge in [0, 0.05) is 50.2 Å². The van der Waals surface area contributed by atoms with Gasteiger partial charge in [0.2, 0.25) is 11.9 Å². The highest BCUT2D eigenvalue weighted by Gasteiger charge is 2.40. The Kier molecular flexibility index (Phi) is 4.98. The molecular weight excluding hydrogens is 446 g/mol. The molecule has 1 aromatic carbocycles. The molecule has 13 heteroatoms. The Labute approximate surface area is 192 Å². The number of fused-ring (bicyclic) bond motifs is 2. The highest BCUT2D eigenvalue weighted by Crippen LogP contribution is 2.30. The summed E-state index contributed by atoms with van der Waals surface area (Å²) in [5.74, 6) is -0.251. The maximum absolute atomic E-state index is 13.6. The molecule has 2 atom stereocenters. The summed E-state index contributed by atoms with van der Waals surface area (Å²) in [5.41, 5.74) is 1.76. The molecule has 2 aromatic heterocycles. The van der Waals surface area contributed by atoms with E-state index in [4.69, 9.17) is 14.7 Å². The first-order valence-electron chi connectivity index (χ1n) is 10.9. The normalized spacial score (nSPS) is 23.5. The smallest absolute Gasteiger partial charge is 0.224 e. The number of morpholine rings is 1. The minimum atomic E-state index is -0.937. The van der Waals surface area contributed by atoms with Crippen LogP contribution in [0.3, 0.4) is 0 Å². The maximum atomic E-state index is 13.6. The van der Waals surface area contributed by atoms with Gasteiger partial charge in [-0.3, -0.25) is 10.00 Å². The average Bonchev–Trinajstić information content (AvgIpc) is 3.56. The van der Waals surface area contributed by atoms with E-state index in [1.54, 1.807) is 9.69 Å².